The zero-order chi connectivity index (χ0) is 13.7. The summed E-state index contributed by atoms with van der Waals surface area (Å²) in [5.41, 5.74) is 4.08. The van der Waals surface area contributed by atoms with E-state index in [0.29, 0.717) is 0 Å². The molecule has 0 aromatic heterocycles. The molecule has 0 radical (unpaired) electrons. The molecule has 0 aliphatic carbocycles. The minimum absolute atomic E-state index is 0.301. The van der Waals surface area contributed by atoms with Gasteiger partial charge in [0, 0.05) is 5.56 Å². The largest absolute Gasteiger partial charge is 0.394 e. The molecule has 18 heavy (non-hydrogen) atoms. The number of carbonyl (C=O) groups is 1. The lowest BCUT2D eigenvalue weighted by atomic mass is 10.1. The van der Waals surface area contributed by atoms with Crippen molar-refractivity contribution in [3.8, 4) is 12.1 Å². The maximum absolute atomic E-state index is 13.2. The Morgan fingerprint density at radius 3 is 2.06 bits per heavy atom. The molecule has 5 nitrogen and oxygen atoms in total. The summed E-state index contributed by atoms with van der Waals surface area (Å²) in [6, 6.07) is 4.90. The molecule has 0 aliphatic rings. The minimum Gasteiger partial charge on any atom is -0.394 e. The topological polar surface area (TPSA) is 93.9 Å². The third-order valence-electron chi connectivity index (χ3n) is 2.14. The first-order valence-electron chi connectivity index (χ1n) is 4.79. The molecule has 0 spiro atoms. The summed E-state index contributed by atoms with van der Waals surface area (Å²) in [4.78, 5) is 12.7. The van der Waals surface area contributed by atoms with Crippen LogP contribution in [-0.2, 0) is 0 Å². The van der Waals surface area contributed by atoms with Gasteiger partial charge in [0.15, 0.2) is 0 Å². The van der Waals surface area contributed by atoms with Crippen LogP contribution in [0, 0.1) is 34.3 Å². The molecule has 7 heteroatoms. The molecule has 0 unspecified atom stereocenters. The molecule has 0 fully saturated rings. The van der Waals surface area contributed by atoms with E-state index in [2.05, 4.69) is 0 Å². The predicted octanol–water partition coefficient (Wildman–Crippen LogP) is 1.04. The van der Waals surface area contributed by atoms with Crippen LogP contribution in [0.4, 0.5) is 14.5 Å². The van der Waals surface area contributed by atoms with E-state index in [-0.39, 0.29) is 18.7 Å². The molecule has 0 saturated carbocycles. The Kier molecular flexibility index (Phi) is 4.16. The van der Waals surface area contributed by atoms with E-state index in [0.717, 1.165) is 17.0 Å². The summed E-state index contributed by atoms with van der Waals surface area (Å²) in [5.74, 6) is -2.93. The molecule has 0 bridgehead atoms. The fraction of sp³-hybridized carbons (Fsp3) is 0.182. The molecule has 0 aliphatic heterocycles. The van der Waals surface area contributed by atoms with Gasteiger partial charge in [0.05, 0.1) is 12.1 Å². The number of halogens is 2. The number of carbonyl (C=O) groups excluding carboxylic acids is 1. The second-order valence-electron chi connectivity index (χ2n) is 3.33. The Balaban J connectivity index is 3.10. The van der Waals surface area contributed by atoms with Crippen molar-refractivity contribution in [3.63, 3.8) is 0 Å². The highest BCUT2D eigenvalue weighted by Gasteiger charge is 2.18. The molecule has 0 saturated heterocycles. The summed E-state index contributed by atoms with van der Waals surface area (Å²) in [6.45, 7) is -0.694. The summed E-state index contributed by atoms with van der Waals surface area (Å²) < 4.78 is 26.3. The van der Waals surface area contributed by atoms with Crippen LogP contribution in [0.2, 0.25) is 0 Å². The van der Waals surface area contributed by atoms with Gasteiger partial charge in [-0.1, -0.05) is 0 Å². The molecule has 0 heterocycles. The molecule has 1 aromatic carbocycles. The fourth-order valence-corrected chi connectivity index (χ4v) is 1.26. The van der Waals surface area contributed by atoms with E-state index in [9.17, 15) is 13.6 Å². The lowest BCUT2D eigenvalue weighted by Gasteiger charge is -2.16. The highest BCUT2D eigenvalue weighted by molar-refractivity contribution is 5.95. The van der Waals surface area contributed by atoms with Crippen LogP contribution >= 0.6 is 0 Å². The van der Waals surface area contributed by atoms with Crippen molar-refractivity contribution in [2.75, 3.05) is 18.8 Å². The Morgan fingerprint density at radius 2 is 1.67 bits per heavy atom. The van der Waals surface area contributed by atoms with Gasteiger partial charge < -0.3 is 10.6 Å². The van der Waals surface area contributed by atoms with Crippen molar-refractivity contribution in [1.29, 1.82) is 10.5 Å². The van der Waals surface area contributed by atoms with Crippen LogP contribution < -0.4 is 5.73 Å². The Morgan fingerprint density at radius 1 is 1.22 bits per heavy atom. The van der Waals surface area contributed by atoms with Crippen LogP contribution in [0.15, 0.2) is 12.1 Å². The van der Waals surface area contributed by atoms with Gasteiger partial charge in [-0.05, 0) is 12.1 Å². The first kappa shape index (κ1) is 13.4. The average Bonchev–Trinajstić information content (AvgIpc) is 2.34. The molecular weight excluding hydrogens is 242 g/mol. The SMILES string of the molecule is N#CCN(CC#N)C(=O)c1cc(F)c(N)c(F)c1. The highest BCUT2D eigenvalue weighted by atomic mass is 19.1. The summed E-state index contributed by atoms with van der Waals surface area (Å²) in [6.07, 6.45) is 0. The third kappa shape index (κ3) is 2.71. The van der Waals surface area contributed by atoms with Gasteiger partial charge in [-0.15, -0.1) is 0 Å². The number of nitrogens with two attached hydrogens (primary N) is 1. The maximum Gasteiger partial charge on any atom is 0.255 e. The number of nitrogen functional groups attached to an aromatic ring is 1. The maximum atomic E-state index is 13.2. The number of hydrogen-bond donors (Lipinski definition) is 1. The number of amides is 1. The lowest BCUT2D eigenvalue weighted by molar-refractivity contribution is 0.0794. The van der Waals surface area contributed by atoms with Gasteiger partial charge in [0.1, 0.15) is 30.4 Å². The lowest BCUT2D eigenvalue weighted by Crippen LogP contribution is -2.32. The molecule has 1 amide bonds. The van der Waals surface area contributed by atoms with Gasteiger partial charge in [-0.25, -0.2) is 8.78 Å². The van der Waals surface area contributed by atoms with Crippen LogP contribution in [0.3, 0.4) is 0 Å². The van der Waals surface area contributed by atoms with Crippen molar-refractivity contribution in [2.24, 2.45) is 0 Å². The summed E-state index contributed by atoms with van der Waals surface area (Å²) in [5, 5.41) is 17.0. The molecular formula is C11H8F2N4O. The third-order valence-corrected chi connectivity index (χ3v) is 2.14. The Bertz CT molecular complexity index is 520. The average molecular weight is 250 g/mol. The number of rotatable bonds is 3. The van der Waals surface area contributed by atoms with Gasteiger partial charge in [0.2, 0.25) is 0 Å². The number of nitrogens with zero attached hydrogens (tertiary/aromatic N) is 3. The molecule has 1 aromatic rings. The fourth-order valence-electron chi connectivity index (χ4n) is 1.26. The van der Waals surface area contributed by atoms with Crippen molar-refractivity contribution in [3.05, 3.63) is 29.3 Å². The molecule has 2 N–H and O–H groups in total. The highest BCUT2D eigenvalue weighted by Crippen LogP contribution is 2.18. The first-order chi connectivity index (χ1) is 8.51. The molecule has 1 rings (SSSR count). The summed E-state index contributed by atoms with van der Waals surface area (Å²) >= 11 is 0. The second kappa shape index (κ2) is 5.60. The van der Waals surface area contributed by atoms with E-state index >= 15 is 0 Å². The monoisotopic (exact) mass is 250 g/mol. The van der Waals surface area contributed by atoms with Crippen LogP contribution in [0.1, 0.15) is 10.4 Å². The molecule has 92 valence electrons. The summed E-state index contributed by atoms with van der Waals surface area (Å²) in [7, 11) is 0. The second-order valence-corrected chi connectivity index (χ2v) is 3.33. The number of nitriles is 2. The van der Waals surface area contributed by atoms with E-state index in [1.807, 2.05) is 0 Å². The van der Waals surface area contributed by atoms with E-state index in [1.165, 1.54) is 0 Å². The van der Waals surface area contributed by atoms with Gasteiger partial charge in [-0.2, -0.15) is 10.5 Å². The number of benzene rings is 1. The van der Waals surface area contributed by atoms with Gasteiger partial charge >= 0.3 is 0 Å². The molecule has 0 atom stereocenters. The number of hydrogen-bond acceptors (Lipinski definition) is 4. The van der Waals surface area contributed by atoms with E-state index in [4.69, 9.17) is 16.3 Å². The van der Waals surface area contributed by atoms with Gasteiger partial charge in [0.25, 0.3) is 5.91 Å². The standard InChI is InChI=1S/C11H8F2N4O/c12-8-5-7(6-9(13)10(8)16)11(18)17(3-1-14)4-2-15/h5-6H,3-4,16H2. The Hall–Kier alpha value is -2.67. The zero-order valence-corrected chi connectivity index (χ0v) is 9.15. The first-order valence-corrected chi connectivity index (χ1v) is 4.79. The number of anilines is 1. The smallest absolute Gasteiger partial charge is 0.255 e. The van der Waals surface area contributed by atoms with Crippen LogP contribution in [0.5, 0.6) is 0 Å². The quantitative estimate of drug-likeness (QED) is 0.640. The zero-order valence-electron chi connectivity index (χ0n) is 9.15. The van der Waals surface area contributed by atoms with Crippen molar-refractivity contribution in [1.82, 2.24) is 4.90 Å². The van der Waals surface area contributed by atoms with E-state index in [1.54, 1.807) is 12.1 Å². The normalized spacial score (nSPS) is 9.33. The van der Waals surface area contributed by atoms with Crippen molar-refractivity contribution < 1.29 is 13.6 Å². The Labute approximate surface area is 102 Å². The minimum atomic E-state index is -1.06. The van der Waals surface area contributed by atoms with Gasteiger partial charge in [-0.3, -0.25) is 4.79 Å². The van der Waals surface area contributed by atoms with Crippen molar-refractivity contribution >= 4 is 11.6 Å². The van der Waals surface area contributed by atoms with E-state index < -0.39 is 23.2 Å². The van der Waals surface area contributed by atoms with Crippen molar-refractivity contribution in [2.45, 2.75) is 0 Å². The van der Waals surface area contributed by atoms with Crippen LogP contribution in [0.25, 0.3) is 0 Å². The van der Waals surface area contributed by atoms with Crippen LogP contribution in [-0.4, -0.2) is 23.9 Å². The predicted molar refractivity (Wildman–Crippen MR) is 57.9 cm³/mol.